The van der Waals surface area contributed by atoms with Crippen LogP contribution in [0.4, 0.5) is 4.79 Å². The molecule has 0 bridgehead atoms. The van der Waals surface area contributed by atoms with E-state index in [1.165, 1.54) is 0 Å². The Bertz CT molecular complexity index is 160. The lowest BCUT2D eigenvalue weighted by Gasteiger charge is -2.03. The molecule has 0 aliphatic rings. The highest BCUT2D eigenvalue weighted by molar-refractivity contribution is 8.24. The van der Waals surface area contributed by atoms with Gasteiger partial charge in [0.2, 0.25) is 0 Å². The van der Waals surface area contributed by atoms with E-state index in [-0.39, 0.29) is 11.8 Å². The van der Waals surface area contributed by atoms with E-state index in [4.69, 9.17) is 5.11 Å². The molecule has 0 aliphatic carbocycles. The van der Waals surface area contributed by atoms with Gasteiger partial charge in [0.15, 0.2) is 0 Å². The largest absolute Gasteiger partial charge is 0.396 e. The van der Waals surface area contributed by atoms with Crippen molar-refractivity contribution in [3.8, 4) is 0 Å². The summed E-state index contributed by atoms with van der Waals surface area (Å²) in [5, 5.41) is 14.1. The number of thiol groups is 1. The first-order valence-electron chi connectivity index (χ1n) is 4.16. The van der Waals surface area contributed by atoms with Crippen molar-refractivity contribution >= 4 is 64.9 Å². The van der Waals surface area contributed by atoms with Crippen LogP contribution in [-0.4, -0.2) is 43.8 Å². The third-order valence-electron chi connectivity index (χ3n) is 1.07. The molecule has 0 saturated heterocycles. The van der Waals surface area contributed by atoms with Gasteiger partial charge >= 0.3 is 0 Å². The maximum absolute atomic E-state index is 11.0. The summed E-state index contributed by atoms with van der Waals surface area (Å²) in [5.41, 5.74) is 0. The second-order valence-corrected chi connectivity index (χ2v) is 7.66. The predicted octanol–water partition coefficient (Wildman–Crippen LogP) is 2.38. The van der Waals surface area contributed by atoms with Crippen molar-refractivity contribution in [3.63, 3.8) is 0 Å². The van der Waals surface area contributed by atoms with Crippen molar-refractivity contribution in [2.24, 2.45) is 0 Å². The fourth-order valence-electron chi connectivity index (χ4n) is 0.530. The minimum Gasteiger partial charge on any atom is -0.396 e. The molecule has 0 rings (SSSR count). The maximum atomic E-state index is 11.0. The molecule has 1 amide bonds. The third kappa shape index (κ3) is 13.1. The van der Waals surface area contributed by atoms with Gasteiger partial charge in [-0.05, 0) is 0 Å². The molecule has 0 unspecified atom stereocenters. The molecule has 0 radical (unpaired) electrons. The van der Waals surface area contributed by atoms with Crippen molar-refractivity contribution in [2.45, 2.75) is 0 Å². The number of carbonyl (C=O) groups is 1. The molecule has 0 spiro atoms. The summed E-state index contributed by atoms with van der Waals surface area (Å²) in [6.45, 7) is 0.0437. The van der Waals surface area contributed by atoms with E-state index in [2.05, 4.69) is 17.9 Å². The fourth-order valence-corrected chi connectivity index (χ4v) is 4.44. The van der Waals surface area contributed by atoms with Gasteiger partial charge in [0.05, 0.1) is 12.5 Å². The topological polar surface area (TPSA) is 49.3 Å². The lowest BCUT2D eigenvalue weighted by molar-refractivity contribution is 0.261. The zero-order valence-corrected chi connectivity index (χ0v) is 12.3. The molecule has 0 fully saturated rings. The first kappa shape index (κ1) is 16.2. The van der Waals surface area contributed by atoms with Crippen LogP contribution in [-0.2, 0) is 0 Å². The highest BCUT2D eigenvalue weighted by Crippen LogP contribution is 2.17. The lowest BCUT2D eigenvalue weighted by Crippen LogP contribution is -2.18. The van der Waals surface area contributed by atoms with E-state index in [0.29, 0.717) is 11.6 Å². The third-order valence-corrected chi connectivity index (χ3v) is 5.61. The molecule has 0 atom stereocenters. The number of thioether (sulfide) groups is 4. The number of aliphatic hydroxyl groups is 1. The van der Waals surface area contributed by atoms with Crippen LogP contribution in [0.1, 0.15) is 0 Å². The summed E-state index contributed by atoms with van der Waals surface area (Å²) >= 11 is 10.5. The molecule has 0 aromatic rings. The number of rotatable bonds is 9. The number of aliphatic hydroxyl groups excluding tert-OH is 1. The quantitative estimate of drug-likeness (QED) is 0.345. The zero-order valence-electron chi connectivity index (χ0n) is 8.18. The minimum absolute atomic E-state index is 0.0437. The van der Waals surface area contributed by atoms with Gasteiger partial charge in [0.25, 0.3) is 5.24 Å². The first-order valence-corrected chi connectivity index (χ1v) is 9.25. The van der Waals surface area contributed by atoms with Crippen molar-refractivity contribution < 1.29 is 9.90 Å². The summed E-state index contributed by atoms with van der Waals surface area (Å²) in [6, 6.07) is 0. The van der Waals surface area contributed by atoms with E-state index in [1.807, 2.05) is 11.8 Å². The molecule has 8 heteroatoms. The number of nitrogens with one attached hydrogen (secondary N) is 1. The van der Waals surface area contributed by atoms with E-state index in [0.717, 1.165) is 27.0 Å². The molecule has 0 aromatic carbocycles. The van der Waals surface area contributed by atoms with Crippen LogP contribution in [0.3, 0.4) is 0 Å². The highest BCUT2D eigenvalue weighted by atomic mass is 32.2. The van der Waals surface area contributed by atoms with Gasteiger partial charge in [-0.25, -0.2) is 0 Å². The Kier molecular flexibility index (Phi) is 14.3. The van der Waals surface area contributed by atoms with Gasteiger partial charge in [-0.3, -0.25) is 4.79 Å². The first-order chi connectivity index (χ1) is 7.31. The SMILES string of the molecule is O=C(NCSCSCSCS)SCCO. The molecule has 0 aliphatic heterocycles. The standard InChI is InChI=1S/C7H15NO2S5/c9-1-2-15-7(10)8-3-12-5-14-6-13-4-11/h9,11H,1-6H2,(H,8,10). The predicted molar refractivity (Wildman–Crippen MR) is 79.3 cm³/mol. The lowest BCUT2D eigenvalue weighted by atomic mass is 10.9. The van der Waals surface area contributed by atoms with E-state index in [1.54, 1.807) is 23.5 Å². The Morgan fingerprint density at radius 3 is 2.67 bits per heavy atom. The smallest absolute Gasteiger partial charge is 0.279 e. The van der Waals surface area contributed by atoms with Gasteiger partial charge in [-0.2, -0.15) is 12.6 Å². The molecule has 90 valence electrons. The molecular formula is C7H15NO2S5. The van der Waals surface area contributed by atoms with Crippen molar-refractivity contribution in [1.82, 2.24) is 5.32 Å². The Morgan fingerprint density at radius 2 is 2.00 bits per heavy atom. The average molecular weight is 306 g/mol. The summed E-state index contributed by atoms with van der Waals surface area (Å²) in [4.78, 5) is 11.0. The van der Waals surface area contributed by atoms with Crippen LogP contribution < -0.4 is 5.32 Å². The van der Waals surface area contributed by atoms with E-state index >= 15 is 0 Å². The normalized spacial score (nSPS) is 10.3. The molecule has 3 nitrogen and oxygen atoms in total. The average Bonchev–Trinajstić information content (AvgIpc) is 2.25. The van der Waals surface area contributed by atoms with Crippen molar-refractivity contribution in [3.05, 3.63) is 0 Å². The van der Waals surface area contributed by atoms with E-state index in [9.17, 15) is 4.79 Å². The number of hydrogen-bond donors (Lipinski definition) is 3. The molecule has 0 aromatic heterocycles. The molecule has 0 heterocycles. The Labute approximate surface area is 113 Å². The zero-order chi connectivity index (χ0) is 11.4. The second kappa shape index (κ2) is 13.2. The molecule has 2 N–H and O–H groups in total. The minimum atomic E-state index is -0.0636. The number of amides is 1. The van der Waals surface area contributed by atoms with Crippen LogP contribution in [0.5, 0.6) is 0 Å². The summed E-state index contributed by atoms with van der Waals surface area (Å²) in [5.74, 6) is 1.10. The number of hydrogen-bond acceptors (Lipinski definition) is 7. The van der Waals surface area contributed by atoms with Crippen LogP contribution in [0, 0.1) is 0 Å². The van der Waals surface area contributed by atoms with Gasteiger partial charge < -0.3 is 10.4 Å². The Hall–Kier alpha value is 1.18. The Balaban J connectivity index is 3.06. The molecular weight excluding hydrogens is 290 g/mol. The van der Waals surface area contributed by atoms with Gasteiger partial charge in [-0.15, -0.1) is 35.3 Å². The van der Waals surface area contributed by atoms with Crippen LogP contribution >= 0.6 is 59.7 Å². The van der Waals surface area contributed by atoms with Crippen LogP contribution in [0.15, 0.2) is 0 Å². The highest BCUT2D eigenvalue weighted by Gasteiger charge is 1.99. The fraction of sp³-hybridized carbons (Fsp3) is 0.857. The Morgan fingerprint density at radius 1 is 1.27 bits per heavy atom. The summed E-state index contributed by atoms with van der Waals surface area (Å²) < 4.78 is 0. The van der Waals surface area contributed by atoms with Gasteiger partial charge in [-0.1, -0.05) is 11.8 Å². The molecule has 0 saturated carbocycles. The maximum Gasteiger partial charge on any atom is 0.279 e. The van der Waals surface area contributed by atoms with Gasteiger partial charge in [0, 0.05) is 21.0 Å². The molecule has 15 heavy (non-hydrogen) atoms. The monoisotopic (exact) mass is 305 g/mol. The van der Waals surface area contributed by atoms with E-state index < -0.39 is 0 Å². The van der Waals surface area contributed by atoms with Crippen molar-refractivity contribution in [2.75, 3.05) is 33.5 Å². The van der Waals surface area contributed by atoms with Crippen LogP contribution in [0.2, 0.25) is 0 Å². The number of carbonyl (C=O) groups excluding carboxylic acids is 1. The van der Waals surface area contributed by atoms with Crippen molar-refractivity contribution in [1.29, 1.82) is 0 Å². The van der Waals surface area contributed by atoms with Gasteiger partial charge in [0.1, 0.15) is 0 Å². The van der Waals surface area contributed by atoms with Crippen LogP contribution in [0.25, 0.3) is 0 Å². The summed E-state index contributed by atoms with van der Waals surface area (Å²) in [6.07, 6.45) is 0. The second-order valence-electron chi connectivity index (χ2n) is 2.16. The summed E-state index contributed by atoms with van der Waals surface area (Å²) in [7, 11) is 0.